The molecule has 1 fully saturated rings. The minimum Gasteiger partial charge on any atom is -0.484 e. The van der Waals surface area contributed by atoms with E-state index in [-0.39, 0.29) is 18.6 Å². The van der Waals surface area contributed by atoms with E-state index in [0.29, 0.717) is 6.04 Å². The molecule has 110 valence electrons. The standard InChI is InChI=1S/C16H24N2O2/c1-11-4-5-15(8-12(11)2)20-10-16(19)18-14-6-7-17-13(3)9-14/h4-5,8,13-14,17H,6-7,9-10H2,1-3H3,(H,18,19). The molecule has 1 aliphatic rings. The molecule has 1 saturated heterocycles. The summed E-state index contributed by atoms with van der Waals surface area (Å²) in [6.45, 7) is 7.29. The molecule has 4 heteroatoms. The molecule has 2 atom stereocenters. The van der Waals surface area contributed by atoms with Crippen LogP contribution in [0.1, 0.15) is 30.9 Å². The molecule has 2 rings (SSSR count). The summed E-state index contributed by atoms with van der Waals surface area (Å²) in [4.78, 5) is 11.9. The second-order valence-corrected chi connectivity index (χ2v) is 5.68. The number of hydrogen-bond donors (Lipinski definition) is 2. The summed E-state index contributed by atoms with van der Waals surface area (Å²) in [7, 11) is 0. The van der Waals surface area contributed by atoms with Gasteiger partial charge in [0.25, 0.3) is 5.91 Å². The van der Waals surface area contributed by atoms with E-state index in [1.807, 2.05) is 25.1 Å². The number of carbonyl (C=O) groups excluding carboxylic acids is 1. The van der Waals surface area contributed by atoms with Crippen molar-refractivity contribution in [1.82, 2.24) is 10.6 Å². The fraction of sp³-hybridized carbons (Fsp3) is 0.562. The van der Waals surface area contributed by atoms with Gasteiger partial charge in [0, 0.05) is 12.1 Å². The zero-order chi connectivity index (χ0) is 14.5. The predicted molar refractivity (Wildman–Crippen MR) is 80.0 cm³/mol. The van der Waals surface area contributed by atoms with E-state index >= 15 is 0 Å². The number of ether oxygens (including phenoxy) is 1. The van der Waals surface area contributed by atoms with Gasteiger partial charge in [-0.3, -0.25) is 4.79 Å². The molecule has 0 aliphatic carbocycles. The molecule has 1 amide bonds. The summed E-state index contributed by atoms with van der Waals surface area (Å²) in [6.07, 6.45) is 1.97. The summed E-state index contributed by atoms with van der Waals surface area (Å²) in [5.41, 5.74) is 2.40. The van der Waals surface area contributed by atoms with Crippen LogP contribution in [0, 0.1) is 13.8 Å². The summed E-state index contributed by atoms with van der Waals surface area (Å²) in [5.74, 6) is 0.712. The number of benzene rings is 1. The average Bonchev–Trinajstić information content (AvgIpc) is 2.40. The monoisotopic (exact) mass is 276 g/mol. The topological polar surface area (TPSA) is 50.4 Å². The van der Waals surface area contributed by atoms with Crippen LogP contribution in [0.15, 0.2) is 18.2 Å². The van der Waals surface area contributed by atoms with Crippen LogP contribution in [0.3, 0.4) is 0 Å². The fourth-order valence-electron chi connectivity index (χ4n) is 2.48. The first kappa shape index (κ1) is 14.9. The van der Waals surface area contributed by atoms with Crippen molar-refractivity contribution in [2.24, 2.45) is 0 Å². The van der Waals surface area contributed by atoms with Crippen LogP contribution in [-0.4, -0.2) is 31.1 Å². The molecular weight excluding hydrogens is 252 g/mol. The third-order valence-electron chi connectivity index (χ3n) is 3.84. The zero-order valence-electron chi connectivity index (χ0n) is 12.5. The second-order valence-electron chi connectivity index (χ2n) is 5.68. The number of rotatable bonds is 4. The molecular formula is C16H24N2O2. The quantitative estimate of drug-likeness (QED) is 0.883. The Balaban J connectivity index is 1.78. The Bertz CT molecular complexity index is 474. The minimum absolute atomic E-state index is 0.0395. The van der Waals surface area contributed by atoms with Gasteiger partial charge in [-0.2, -0.15) is 0 Å². The molecule has 2 unspecified atom stereocenters. The van der Waals surface area contributed by atoms with Crippen molar-refractivity contribution < 1.29 is 9.53 Å². The van der Waals surface area contributed by atoms with Crippen molar-refractivity contribution in [1.29, 1.82) is 0 Å². The van der Waals surface area contributed by atoms with Crippen molar-refractivity contribution in [3.63, 3.8) is 0 Å². The van der Waals surface area contributed by atoms with Gasteiger partial charge in [-0.1, -0.05) is 6.07 Å². The summed E-state index contributed by atoms with van der Waals surface area (Å²) >= 11 is 0. The fourth-order valence-corrected chi connectivity index (χ4v) is 2.48. The highest BCUT2D eigenvalue weighted by Gasteiger charge is 2.19. The van der Waals surface area contributed by atoms with Gasteiger partial charge >= 0.3 is 0 Å². The van der Waals surface area contributed by atoms with E-state index in [0.717, 1.165) is 25.1 Å². The smallest absolute Gasteiger partial charge is 0.258 e. The maximum absolute atomic E-state index is 11.9. The third-order valence-corrected chi connectivity index (χ3v) is 3.84. The molecule has 1 heterocycles. The van der Waals surface area contributed by atoms with E-state index in [2.05, 4.69) is 24.5 Å². The number of hydrogen-bond acceptors (Lipinski definition) is 3. The Morgan fingerprint density at radius 1 is 1.40 bits per heavy atom. The average molecular weight is 276 g/mol. The third kappa shape index (κ3) is 4.23. The van der Waals surface area contributed by atoms with Gasteiger partial charge in [-0.05, 0) is 63.4 Å². The number of aryl methyl sites for hydroxylation is 2. The molecule has 1 aromatic carbocycles. The van der Waals surface area contributed by atoms with Crippen LogP contribution in [0.5, 0.6) is 5.75 Å². The molecule has 2 N–H and O–H groups in total. The number of nitrogens with one attached hydrogen (secondary N) is 2. The van der Waals surface area contributed by atoms with Crippen LogP contribution in [0.4, 0.5) is 0 Å². The molecule has 0 bridgehead atoms. The van der Waals surface area contributed by atoms with E-state index in [4.69, 9.17) is 4.74 Å². The van der Waals surface area contributed by atoms with Gasteiger partial charge < -0.3 is 15.4 Å². The Hall–Kier alpha value is -1.55. The molecule has 4 nitrogen and oxygen atoms in total. The first-order valence-corrected chi connectivity index (χ1v) is 7.27. The minimum atomic E-state index is -0.0395. The highest BCUT2D eigenvalue weighted by Crippen LogP contribution is 2.16. The SMILES string of the molecule is Cc1ccc(OCC(=O)NC2CCNC(C)C2)cc1C. The van der Waals surface area contributed by atoms with Crippen molar-refractivity contribution in [2.45, 2.75) is 45.7 Å². The van der Waals surface area contributed by atoms with Gasteiger partial charge in [-0.25, -0.2) is 0 Å². The molecule has 1 aromatic rings. The maximum Gasteiger partial charge on any atom is 0.258 e. The lowest BCUT2D eigenvalue weighted by Gasteiger charge is -2.28. The van der Waals surface area contributed by atoms with Gasteiger partial charge in [0.05, 0.1) is 0 Å². The van der Waals surface area contributed by atoms with Crippen LogP contribution in [0.2, 0.25) is 0 Å². The number of carbonyl (C=O) groups is 1. The highest BCUT2D eigenvalue weighted by molar-refractivity contribution is 5.77. The predicted octanol–water partition coefficient (Wildman–Crippen LogP) is 1.94. The summed E-state index contributed by atoms with van der Waals surface area (Å²) in [6, 6.07) is 6.62. The Morgan fingerprint density at radius 2 is 2.20 bits per heavy atom. The Labute approximate surface area is 120 Å². The second kappa shape index (κ2) is 6.75. The van der Waals surface area contributed by atoms with Crippen molar-refractivity contribution in [2.75, 3.05) is 13.2 Å². The molecule has 0 aromatic heterocycles. The lowest BCUT2D eigenvalue weighted by Crippen LogP contribution is -2.47. The van der Waals surface area contributed by atoms with Crippen molar-refractivity contribution in [3.05, 3.63) is 29.3 Å². The Morgan fingerprint density at radius 3 is 2.90 bits per heavy atom. The molecule has 0 radical (unpaired) electrons. The highest BCUT2D eigenvalue weighted by atomic mass is 16.5. The van der Waals surface area contributed by atoms with E-state index in [1.54, 1.807) is 0 Å². The van der Waals surface area contributed by atoms with E-state index in [9.17, 15) is 4.79 Å². The van der Waals surface area contributed by atoms with Gasteiger partial charge in [0.2, 0.25) is 0 Å². The maximum atomic E-state index is 11.9. The lowest BCUT2D eigenvalue weighted by atomic mass is 10.0. The van der Waals surface area contributed by atoms with Gasteiger partial charge in [-0.15, -0.1) is 0 Å². The van der Waals surface area contributed by atoms with Crippen LogP contribution in [0.25, 0.3) is 0 Å². The first-order valence-electron chi connectivity index (χ1n) is 7.27. The van der Waals surface area contributed by atoms with E-state index < -0.39 is 0 Å². The van der Waals surface area contributed by atoms with Crippen molar-refractivity contribution >= 4 is 5.91 Å². The molecule has 1 aliphatic heterocycles. The normalized spacial score (nSPS) is 22.4. The van der Waals surface area contributed by atoms with E-state index in [1.165, 1.54) is 11.1 Å². The summed E-state index contributed by atoms with van der Waals surface area (Å²) < 4.78 is 5.54. The number of amides is 1. The number of piperidine rings is 1. The Kier molecular flexibility index (Phi) is 5.01. The van der Waals surface area contributed by atoms with Crippen molar-refractivity contribution in [3.8, 4) is 5.75 Å². The largest absolute Gasteiger partial charge is 0.484 e. The zero-order valence-corrected chi connectivity index (χ0v) is 12.5. The van der Waals surface area contributed by atoms with Gasteiger partial charge in [0.15, 0.2) is 6.61 Å². The van der Waals surface area contributed by atoms with Crippen LogP contribution < -0.4 is 15.4 Å². The summed E-state index contributed by atoms with van der Waals surface area (Å²) in [5, 5.41) is 6.41. The van der Waals surface area contributed by atoms with Gasteiger partial charge in [0.1, 0.15) is 5.75 Å². The van der Waals surface area contributed by atoms with Crippen LogP contribution in [-0.2, 0) is 4.79 Å². The van der Waals surface area contributed by atoms with Crippen LogP contribution >= 0.6 is 0 Å². The lowest BCUT2D eigenvalue weighted by molar-refractivity contribution is -0.124. The molecule has 0 saturated carbocycles. The first-order chi connectivity index (χ1) is 9.54. The molecule has 20 heavy (non-hydrogen) atoms. The molecule has 0 spiro atoms.